The minimum Gasteiger partial charge on any atom is -0.393 e. The Morgan fingerprint density at radius 2 is 1.81 bits per heavy atom. The number of aromatic nitrogens is 4. The van der Waals surface area contributed by atoms with E-state index in [1.54, 1.807) is 12.1 Å². The molecule has 2 fully saturated rings. The number of aliphatic hydroxyl groups excluding tert-OH is 1. The van der Waals surface area contributed by atoms with Gasteiger partial charge in [-0.15, -0.1) is 0 Å². The number of rotatable bonds is 3. The molecular formula is C28H28FN5O2. The summed E-state index contributed by atoms with van der Waals surface area (Å²) in [6.07, 6.45) is 7.73. The molecule has 1 aliphatic carbocycles. The Bertz CT molecular complexity index is 1420. The quantitative estimate of drug-likeness (QED) is 0.461. The second-order valence-corrected chi connectivity index (χ2v) is 10.5. The van der Waals surface area contributed by atoms with Gasteiger partial charge in [-0.2, -0.15) is 0 Å². The Balaban J connectivity index is 1.17. The maximum absolute atomic E-state index is 14.0. The van der Waals surface area contributed by atoms with Crippen LogP contribution in [0.25, 0.3) is 22.2 Å². The second-order valence-electron chi connectivity index (χ2n) is 10.5. The van der Waals surface area contributed by atoms with Crippen molar-refractivity contribution in [2.45, 2.75) is 44.4 Å². The Kier molecular flexibility index (Phi) is 5.08. The summed E-state index contributed by atoms with van der Waals surface area (Å²) in [6, 6.07) is 12.7. The lowest BCUT2D eigenvalue weighted by molar-refractivity contribution is -0.0465. The Morgan fingerprint density at radius 3 is 2.56 bits per heavy atom. The van der Waals surface area contributed by atoms with Crippen LogP contribution in [0.3, 0.4) is 0 Å². The number of hydrogen-bond acceptors (Lipinski definition) is 6. The molecule has 3 aliphatic rings. The molecule has 1 unspecified atom stereocenters. The maximum atomic E-state index is 14.0. The van der Waals surface area contributed by atoms with Gasteiger partial charge >= 0.3 is 0 Å². The molecule has 0 amide bonds. The summed E-state index contributed by atoms with van der Waals surface area (Å²) < 4.78 is 21.9. The van der Waals surface area contributed by atoms with Gasteiger partial charge in [0, 0.05) is 31.0 Å². The molecule has 4 aromatic rings. The highest BCUT2D eigenvalue weighted by molar-refractivity contribution is 5.83. The van der Waals surface area contributed by atoms with E-state index < -0.39 is 0 Å². The van der Waals surface area contributed by atoms with Crippen molar-refractivity contribution in [2.24, 2.45) is 5.41 Å². The predicted molar refractivity (Wildman–Crippen MR) is 134 cm³/mol. The summed E-state index contributed by atoms with van der Waals surface area (Å²) in [6.45, 7) is 2.77. The van der Waals surface area contributed by atoms with E-state index in [-0.39, 0.29) is 18.0 Å². The number of anilines is 1. The van der Waals surface area contributed by atoms with E-state index in [0.29, 0.717) is 18.6 Å². The van der Waals surface area contributed by atoms with E-state index in [1.165, 1.54) is 6.07 Å². The number of nitrogens with zero attached hydrogens (tertiary/aromatic N) is 5. The first-order valence-electron chi connectivity index (χ1n) is 12.7. The Labute approximate surface area is 208 Å². The highest BCUT2D eigenvalue weighted by atomic mass is 19.1. The first-order chi connectivity index (χ1) is 17.6. The van der Waals surface area contributed by atoms with Gasteiger partial charge in [-0.05, 0) is 66.5 Å². The number of hydrogen-bond donors (Lipinski definition) is 1. The second kappa shape index (κ2) is 8.35. The lowest BCUT2D eigenvalue weighted by atomic mass is 9.61. The van der Waals surface area contributed by atoms with Gasteiger partial charge in [0.1, 0.15) is 18.2 Å². The zero-order valence-corrected chi connectivity index (χ0v) is 20.0. The summed E-state index contributed by atoms with van der Waals surface area (Å²) in [7, 11) is 0. The molecule has 0 radical (unpaired) electrons. The number of imidazole rings is 1. The van der Waals surface area contributed by atoms with E-state index in [4.69, 9.17) is 19.7 Å². The Morgan fingerprint density at radius 1 is 1.00 bits per heavy atom. The molecular weight excluding hydrogens is 457 g/mol. The summed E-state index contributed by atoms with van der Waals surface area (Å²) in [5.74, 6) is 1.35. The molecule has 1 spiro atoms. The van der Waals surface area contributed by atoms with Crippen LogP contribution in [0.1, 0.15) is 43.1 Å². The van der Waals surface area contributed by atoms with Gasteiger partial charge in [-0.25, -0.2) is 19.3 Å². The van der Waals surface area contributed by atoms with Gasteiger partial charge in [-0.1, -0.05) is 18.2 Å². The van der Waals surface area contributed by atoms with E-state index in [0.717, 1.165) is 78.3 Å². The highest BCUT2D eigenvalue weighted by Crippen LogP contribution is 2.49. The zero-order valence-electron chi connectivity index (χ0n) is 20.0. The third-order valence-corrected chi connectivity index (χ3v) is 8.23. The highest BCUT2D eigenvalue weighted by Gasteiger charge is 2.45. The van der Waals surface area contributed by atoms with Crippen LogP contribution < -0.4 is 4.90 Å². The minimum absolute atomic E-state index is 0.109. The third-order valence-electron chi connectivity index (χ3n) is 8.23. The topological polar surface area (TPSA) is 76.3 Å². The molecule has 1 saturated heterocycles. The largest absolute Gasteiger partial charge is 0.393 e. The van der Waals surface area contributed by atoms with E-state index in [2.05, 4.69) is 15.5 Å². The average Bonchev–Trinajstić information content (AvgIpc) is 3.27. The van der Waals surface area contributed by atoms with Gasteiger partial charge in [0.2, 0.25) is 5.95 Å². The van der Waals surface area contributed by atoms with E-state index >= 15 is 0 Å². The fourth-order valence-corrected chi connectivity index (χ4v) is 6.23. The van der Waals surface area contributed by atoms with Crippen molar-refractivity contribution in [3.63, 3.8) is 0 Å². The molecule has 7 rings (SSSR count). The van der Waals surface area contributed by atoms with Crippen molar-refractivity contribution in [1.29, 1.82) is 0 Å². The molecule has 1 N–H and O–H groups in total. The monoisotopic (exact) mass is 485 g/mol. The minimum atomic E-state index is -0.254. The molecule has 4 heterocycles. The average molecular weight is 486 g/mol. The van der Waals surface area contributed by atoms with Crippen LogP contribution in [0.15, 0.2) is 54.9 Å². The van der Waals surface area contributed by atoms with Crippen LogP contribution in [0.2, 0.25) is 0 Å². The predicted octanol–water partition coefficient (Wildman–Crippen LogP) is 4.49. The molecule has 2 aromatic heterocycles. The van der Waals surface area contributed by atoms with Gasteiger partial charge in [0.15, 0.2) is 0 Å². The Hall–Kier alpha value is -3.36. The van der Waals surface area contributed by atoms with Crippen molar-refractivity contribution >= 4 is 17.0 Å². The summed E-state index contributed by atoms with van der Waals surface area (Å²) >= 11 is 0. The van der Waals surface area contributed by atoms with Gasteiger partial charge in [0.05, 0.1) is 29.8 Å². The third kappa shape index (κ3) is 3.67. The number of ether oxygens (including phenoxy) is 1. The molecule has 2 aromatic carbocycles. The molecule has 36 heavy (non-hydrogen) atoms. The number of piperidine rings is 1. The van der Waals surface area contributed by atoms with Crippen LogP contribution in [0.4, 0.5) is 10.3 Å². The maximum Gasteiger partial charge on any atom is 0.225 e. The molecule has 184 valence electrons. The van der Waals surface area contributed by atoms with Crippen LogP contribution >= 0.6 is 0 Å². The first kappa shape index (κ1) is 21.9. The van der Waals surface area contributed by atoms with Crippen LogP contribution in [-0.2, 0) is 11.3 Å². The zero-order chi connectivity index (χ0) is 24.3. The molecule has 8 heteroatoms. The standard InChI is InChI=1S/C28H28FN5O2/c29-21-3-1-2-19(10-21)25-16-36-17-26-32-23-5-4-18(11-24(23)34(25)26)20-14-30-27(31-15-20)33-8-6-28(7-9-33)12-22(35)13-28/h1-5,10-11,14-15,22,25,35H,6-9,12-13,16-17H2. The molecule has 7 nitrogen and oxygen atoms in total. The number of fused-ring (bicyclic) bond motifs is 3. The molecule has 2 aliphatic heterocycles. The fourth-order valence-electron chi connectivity index (χ4n) is 6.23. The van der Waals surface area contributed by atoms with Crippen molar-refractivity contribution < 1.29 is 14.2 Å². The normalized spacial score (nSPS) is 21.5. The SMILES string of the molecule is OC1CC2(CCN(c3ncc(-c4ccc5nc6n(c5c4)C(c4cccc(F)c4)COC6)cn3)CC2)C1. The van der Waals surface area contributed by atoms with Gasteiger partial charge in [0.25, 0.3) is 0 Å². The van der Waals surface area contributed by atoms with Crippen molar-refractivity contribution in [3.05, 3.63) is 72.1 Å². The lowest BCUT2D eigenvalue weighted by Gasteiger charge is -2.50. The molecule has 1 atom stereocenters. The van der Waals surface area contributed by atoms with Gasteiger partial charge in [-0.3, -0.25) is 0 Å². The number of aliphatic hydroxyl groups is 1. The van der Waals surface area contributed by atoms with Crippen LogP contribution in [-0.4, -0.2) is 50.4 Å². The number of benzene rings is 2. The van der Waals surface area contributed by atoms with Gasteiger partial charge < -0.3 is 19.3 Å². The number of halogens is 1. The molecule has 0 bridgehead atoms. The summed E-state index contributed by atoms with van der Waals surface area (Å²) in [4.78, 5) is 16.4. The van der Waals surface area contributed by atoms with E-state index in [9.17, 15) is 9.50 Å². The van der Waals surface area contributed by atoms with Crippen molar-refractivity contribution in [2.75, 3.05) is 24.6 Å². The first-order valence-corrected chi connectivity index (χ1v) is 12.7. The van der Waals surface area contributed by atoms with Crippen LogP contribution in [0.5, 0.6) is 0 Å². The smallest absolute Gasteiger partial charge is 0.225 e. The van der Waals surface area contributed by atoms with Crippen molar-refractivity contribution in [1.82, 2.24) is 19.5 Å². The summed E-state index contributed by atoms with van der Waals surface area (Å²) in [5, 5.41) is 9.72. The van der Waals surface area contributed by atoms with E-state index in [1.807, 2.05) is 30.6 Å². The molecule has 1 saturated carbocycles. The fraction of sp³-hybridized carbons (Fsp3) is 0.393. The van der Waals surface area contributed by atoms with Crippen molar-refractivity contribution in [3.8, 4) is 11.1 Å². The lowest BCUT2D eigenvalue weighted by Crippen LogP contribution is -2.49. The van der Waals surface area contributed by atoms with Crippen LogP contribution in [0, 0.1) is 11.2 Å². The summed E-state index contributed by atoms with van der Waals surface area (Å²) in [5.41, 5.74) is 5.05.